The van der Waals surface area contributed by atoms with Gasteiger partial charge in [-0.3, -0.25) is 4.79 Å². The molecule has 0 unspecified atom stereocenters. The number of nitrogens with one attached hydrogen (secondary N) is 1. The predicted molar refractivity (Wildman–Crippen MR) is 92.3 cm³/mol. The summed E-state index contributed by atoms with van der Waals surface area (Å²) in [4.78, 5) is 19.2. The van der Waals surface area contributed by atoms with Crippen molar-refractivity contribution in [2.24, 2.45) is 5.92 Å². The van der Waals surface area contributed by atoms with Crippen molar-refractivity contribution in [3.63, 3.8) is 0 Å². The van der Waals surface area contributed by atoms with E-state index in [2.05, 4.69) is 20.3 Å². The van der Waals surface area contributed by atoms with Crippen LogP contribution in [0.2, 0.25) is 0 Å². The van der Waals surface area contributed by atoms with Crippen molar-refractivity contribution in [1.29, 1.82) is 0 Å². The SMILES string of the molecule is O=C(CCC(F)(F)F)CC1CCC(c2nnn3cnc4[nH]ccc4c23)CC1. The lowest BCUT2D eigenvalue weighted by Gasteiger charge is -2.27. The first-order valence-electron chi connectivity index (χ1n) is 9.16. The van der Waals surface area contributed by atoms with Gasteiger partial charge in [0.25, 0.3) is 0 Å². The second kappa shape index (κ2) is 6.94. The minimum atomic E-state index is -4.26. The molecule has 1 fully saturated rings. The van der Waals surface area contributed by atoms with Crippen molar-refractivity contribution < 1.29 is 18.0 Å². The lowest BCUT2D eigenvalue weighted by Crippen LogP contribution is -2.18. The lowest BCUT2D eigenvalue weighted by atomic mass is 9.78. The van der Waals surface area contributed by atoms with Crippen LogP contribution in [-0.4, -0.2) is 36.8 Å². The molecule has 9 heteroatoms. The van der Waals surface area contributed by atoms with Crippen molar-refractivity contribution in [2.75, 3.05) is 0 Å². The Kier molecular flexibility index (Phi) is 4.61. The molecule has 3 aromatic rings. The molecule has 0 aliphatic heterocycles. The van der Waals surface area contributed by atoms with E-state index in [1.807, 2.05) is 12.3 Å². The zero-order chi connectivity index (χ0) is 19.0. The number of aromatic amines is 1. The summed E-state index contributed by atoms with van der Waals surface area (Å²) < 4.78 is 38.4. The third kappa shape index (κ3) is 3.81. The van der Waals surface area contributed by atoms with Gasteiger partial charge in [0, 0.05) is 30.3 Å². The molecule has 1 saturated carbocycles. The second-order valence-corrected chi connectivity index (χ2v) is 7.33. The van der Waals surface area contributed by atoms with Crippen LogP contribution in [0.3, 0.4) is 0 Å². The van der Waals surface area contributed by atoms with Crippen molar-refractivity contribution >= 4 is 22.3 Å². The molecule has 0 atom stereocenters. The maximum absolute atomic E-state index is 12.2. The van der Waals surface area contributed by atoms with Gasteiger partial charge in [-0.1, -0.05) is 5.21 Å². The summed E-state index contributed by atoms with van der Waals surface area (Å²) in [7, 11) is 0. The van der Waals surface area contributed by atoms with E-state index in [0.717, 1.165) is 47.9 Å². The van der Waals surface area contributed by atoms with E-state index in [9.17, 15) is 18.0 Å². The molecule has 0 spiro atoms. The average molecular weight is 379 g/mol. The Hall–Kier alpha value is -2.45. The summed E-state index contributed by atoms with van der Waals surface area (Å²) in [5, 5.41) is 9.50. The minimum absolute atomic E-state index is 0.165. The molecule has 1 N–H and O–H groups in total. The Morgan fingerprint density at radius 2 is 2.04 bits per heavy atom. The van der Waals surface area contributed by atoms with E-state index in [4.69, 9.17) is 0 Å². The van der Waals surface area contributed by atoms with Gasteiger partial charge >= 0.3 is 6.18 Å². The first kappa shape index (κ1) is 17.9. The van der Waals surface area contributed by atoms with E-state index in [-0.39, 0.29) is 24.0 Å². The highest BCUT2D eigenvalue weighted by molar-refractivity contribution is 5.92. The van der Waals surface area contributed by atoms with Crippen LogP contribution in [0.15, 0.2) is 18.6 Å². The number of H-pyrrole nitrogens is 1. The summed E-state index contributed by atoms with van der Waals surface area (Å²) in [5.74, 6) is 0.118. The van der Waals surface area contributed by atoms with E-state index < -0.39 is 19.0 Å². The number of ketones is 1. The van der Waals surface area contributed by atoms with Crippen molar-refractivity contribution in [2.45, 2.75) is 57.0 Å². The third-order valence-electron chi connectivity index (χ3n) is 5.43. The molecule has 0 bridgehead atoms. The van der Waals surface area contributed by atoms with Crippen LogP contribution in [0.5, 0.6) is 0 Å². The van der Waals surface area contributed by atoms with Gasteiger partial charge in [-0.15, -0.1) is 5.10 Å². The number of fused-ring (bicyclic) bond motifs is 3. The van der Waals surface area contributed by atoms with Gasteiger partial charge < -0.3 is 4.98 Å². The Morgan fingerprint density at radius 1 is 1.26 bits per heavy atom. The molecule has 3 heterocycles. The highest BCUT2D eigenvalue weighted by atomic mass is 19.4. The number of rotatable bonds is 5. The summed E-state index contributed by atoms with van der Waals surface area (Å²) in [6.07, 6.45) is 1.39. The van der Waals surface area contributed by atoms with Gasteiger partial charge in [0.15, 0.2) is 0 Å². The first-order chi connectivity index (χ1) is 12.9. The molecule has 4 rings (SSSR count). The maximum Gasteiger partial charge on any atom is 0.389 e. The fourth-order valence-corrected chi connectivity index (χ4v) is 4.04. The molecule has 0 radical (unpaired) electrons. The van der Waals surface area contributed by atoms with E-state index in [1.165, 1.54) is 0 Å². The van der Waals surface area contributed by atoms with Crippen LogP contribution in [0, 0.1) is 5.92 Å². The van der Waals surface area contributed by atoms with Gasteiger partial charge in [0.2, 0.25) is 0 Å². The fourth-order valence-electron chi connectivity index (χ4n) is 4.04. The molecule has 27 heavy (non-hydrogen) atoms. The van der Waals surface area contributed by atoms with Crippen LogP contribution in [-0.2, 0) is 4.79 Å². The van der Waals surface area contributed by atoms with Crippen LogP contribution < -0.4 is 0 Å². The summed E-state index contributed by atoms with van der Waals surface area (Å²) in [6.45, 7) is 0. The van der Waals surface area contributed by atoms with Crippen LogP contribution in [0.4, 0.5) is 13.2 Å². The molecule has 144 valence electrons. The molecule has 6 nitrogen and oxygen atoms in total. The van der Waals surface area contributed by atoms with Crippen LogP contribution in [0.25, 0.3) is 16.6 Å². The zero-order valence-corrected chi connectivity index (χ0v) is 14.7. The predicted octanol–water partition coefficient (Wildman–Crippen LogP) is 4.18. The summed E-state index contributed by atoms with van der Waals surface area (Å²) in [6, 6.07) is 1.95. The minimum Gasteiger partial charge on any atom is -0.346 e. The molecule has 3 aromatic heterocycles. The van der Waals surface area contributed by atoms with Gasteiger partial charge in [0.1, 0.15) is 23.3 Å². The average Bonchev–Trinajstić information content (AvgIpc) is 3.26. The number of aromatic nitrogens is 5. The molecule has 0 saturated heterocycles. The number of Topliss-reactive ketones (excluding diaryl/α,β-unsaturated/α-hetero) is 1. The van der Waals surface area contributed by atoms with Crippen molar-refractivity contribution in [3.8, 4) is 0 Å². The Labute approximate surface area is 153 Å². The Bertz CT molecular complexity index is 953. The third-order valence-corrected chi connectivity index (χ3v) is 5.43. The number of carbonyl (C=O) groups excluding carboxylic acids is 1. The van der Waals surface area contributed by atoms with Gasteiger partial charge in [-0.05, 0) is 37.7 Å². The second-order valence-electron chi connectivity index (χ2n) is 7.33. The van der Waals surface area contributed by atoms with Crippen molar-refractivity contribution in [3.05, 3.63) is 24.3 Å². The Balaban J connectivity index is 1.40. The first-order valence-corrected chi connectivity index (χ1v) is 9.16. The number of alkyl halides is 3. The number of halogens is 3. The summed E-state index contributed by atoms with van der Waals surface area (Å²) >= 11 is 0. The van der Waals surface area contributed by atoms with Gasteiger partial charge in [-0.2, -0.15) is 13.2 Å². The topological polar surface area (TPSA) is 75.9 Å². The molecular weight excluding hydrogens is 359 g/mol. The number of hydrogen-bond acceptors (Lipinski definition) is 4. The smallest absolute Gasteiger partial charge is 0.346 e. The number of hydrogen-bond donors (Lipinski definition) is 1. The summed E-state index contributed by atoms with van der Waals surface area (Å²) in [5.41, 5.74) is 2.67. The highest BCUT2D eigenvalue weighted by Crippen LogP contribution is 2.39. The normalized spacial score (nSPS) is 21.1. The van der Waals surface area contributed by atoms with E-state index in [1.54, 1.807) is 10.8 Å². The lowest BCUT2D eigenvalue weighted by molar-refractivity contribution is -0.143. The van der Waals surface area contributed by atoms with Crippen LogP contribution in [0.1, 0.15) is 56.6 Å². The molecule has 1 aliphatic rings. The largest absolute Gasteiger partial charge is 0.389 e. The zero-order valence-electron chi connectivity index (χ0n) is 14.7. The maximum atomic E-state index is 12.2. The Morgan fingerprint density at radius 3 is 2.78 bits per heavy atom. The molecular formula is C18H20F3N5O. The molecule has 0 aromatic carbocycles. The standard InChI is InChI=1S/C18H20F3N5O/c19-18(20,21)7-5-13(27)9-11-1-3-12(4-2-11)15-16-14-6-8-22-17(14)23-10-26(16)25-24-15/h6,8,10-12,22H,1-5,7,9H2. The monoisotopic (exact) mass is 379 g/mol. The quantitative estimate of drug-likeness (QED) is 0.721. The van der Waals surface area contributed by atoms with Crippen molar-refractivity contribution in [1.82, 2.24) is 24.8 Å². The van der Waals surface area contributed by atoms with E-state index >= 15 is 0 Å². The molecule has 1 aliphatic carbocycles. The number of carbonyl (C=O) groups is 1. The van der Waals surface area contributed by atoms with E-state index in [0.29, 0.717) is 0 Å². The molecule has 0 amide bonds. The fraction of sp³-hybridized carbons (Fsp3) is 0.556. The number of nitrogens with zero attached hydrogens (tertiary/aromatic N) is 4. The van der Waals surface area contributed by atoms with Crippen LogP contribution >= 0.6 is 0 Å². The van der Waals surface area contributed by atoms with Gasteiger partial charge in [-0.25, -0.2) is 9.50 Å². The van der Waals surface area contributed by atoms with Gasteiger partial charge in [0.05, 0.1) is 12.1 Å². The highest BCUT2D eigenvalue weighted by Gasteiger charge is 2.30.